The predicted octanol–water partition coefficient (Wildman–Crippen LogP) is 6.13. The van der Waals surface area contributed by atoms with Crippen molar-refractivity contribution in [1.82, 2.24) is 0 Å². The van der Waals surface area contributed by atoms with E-state index in [9.17, 15) is 0 Å². The zero-order valence-corrected chi connectivity index (χ0v) is 15.2. The van der Waals surface area contributed by atoms with Gasteiger partial charge in [-0.2, -0.15) is 0 Å². The van der Waals surface area contributed by atoms with Crippen LogP contribution in [0.25, 0.3) is 10.8 Å². The Balaban J connectivity index is 1.66. The number of nitrogens with zero attached hydrogens (tertiary/aromatic N) is 1. The van der Waals surface area contributed by atoms with E-state index in [0.29, 0.717) is 0 Å². The first-order chi connectivity index (χ1) is 11.3. The van der Waals surface area contributed by atoms with Gasteiger partial charge in [-0.05, 0) is 17.9 Å². The number of fused-ring (bicyclic) bond motifs is 1. The highest BCUT2D eigenvalue weighted by molar-refractivity contribution is 5.83. The molecule has 0 amide bonds. The van der Waals surface area contributed by atoms with Crippen molar-refractivity contribution < 1.29 is 4.57 Å². The van der Waals surface area contributed by atoms with Gasteiger partial charge in [0.05, 0.1) is 0 Å². The molecule has 0 aliphatic heterocycles. The van der Waals surface area contributed by atoms with Gasteiger partial charge in [0.25, 0.3) is 0 Å². The van der Waals surface area contributed by atoms with Crippen molar-refractivity contribution in [2.45, 2.75) is 77.6 Å². The molecule has 2 aromatic rings. The van der Waals surface area contributed by atoms with E-state index >= 15 is 0 Å². The summed E-state index contributed by atoms with van der Waals surface area (Å²) in [6.45, 7) is 2.29. The second kappa shape index (κ2) is 10.4. The van der Waals surface area contributed by atoms with Crippen molar-refractivity contribution >= 4 is 10.8 Å². The molecular formula is C22H34N+. The van der Waals surface area contributed by atoms with Gasteiger partial charge in [-0.1, -0.05) is 82.9 Å². The average molecular weight is 313 g/mol. The van der Waals surface area contributed by atoms with E-state index in [2.05, 4.69) is 55.1 Å². The fourth-order valence-electron chi connectivity index (χ4n) is 3.47. The molecule has 126 valence electrons. The van der Waals surface area contributed by atoms with Crippen LogP contribution in [0, 0.1) is 0 Å². The summed E-state index contributed by atoms with van der Waals surface area (Å²) >= 11 is 0. The summed E-state index contributed by atoms with van der Waals surface area (Å²) in [5, 5.41) is 2.79. The number of hydrogen-bond acceptors (Lipinski definition) is 0. The molecule has 1 heteroatoms. The number of unbranched alkanes of at least 4 members (excludes halogenated alkanes) is 9. The van der Waals surface area contributed by atoms with Crippen LogP contribution >= 0.6 is 0 Å². The minimum atomic E-state index is 1.20. The number of aryl methyl sites for hydroxylation is 2. The third-order valence-electron chi connectivity index (χ3n) is 4.94. The molecule has 0 spiro atoms. The molecule has 1 aromatic heterocycles. The van der Waals surface area contributed by atoms with E-state index in [0.717, 1.165) is 0 Å². The smallest absolute Gasteiger partial charge is 0.188 e. The summed E-state index contributed by atoms with van der Waals surface area (Å²) in [5.74, 6) is 0. The molecule has 1 aromatic carbocycles. The number of aromatic nitrogens is 1. The fourth-order valence-corrected chi connectivity index (χ4v) is 3.47. The molecule has 0 aliphatic rings. The third-order valence-corrected chi connectivity index (χ3v) is 4.94. The highest BCUT2D eigenvalue weighted by Crippen LogP contribution is 2.18. The van der Waals surface area contributed by atoms with Crippen molar-refractivity contribution in [1.29, 1.82) is 0 Å². The first-order valence-electron chi connectivity index (χ1n) is 9.69. The molecule has 0 unspecified atom stereocenters. The third kappa shape index (κ3) is 5.97. The molecule has 0 radical (unpaired) electrons. The van der Waals surface area contributed by atoms with E-state index in [1.165, 1.54) is 87.1 Å². The zero-order valence-electron chi connectivity index (χ0n) is 15.2. The Morgan fingerprint density at radius 3 is 2.04 bits per heavy atom. The number of hydrogen-bond donors (Lipinski definition) is 0. The molecule has 0 bridgehead atoms. The van der Waals surface area contributed by atoms with Gasteiger partial charge >= 0.3 is 0 Å². The largest absolute Gasteiger partial charge is 0.205 e. The van der Waals surface area contributed by atoms with Crippen LogP contribution in [0.3, 0.4) is 0 Å². The maximum absolute atomic E-state index is 2.30. The van der Waals surface area contributed by atoms with Crippen molar-refractivity contribution in [3.05, 3.63) is 42.2 Å². The van der Waals surface area contributed by atoms with Gasteiger partial charge in [-0.25, -0.2) is 4.57 Å². The van der Waals surface area contributed by atoms with Crippen LogP contribution < -0.4 is 4.57 Å². The Labute approximate surface area is 142 Å². The molecule has 0 saturated carbocycles. The molecule has 0 saturated heterocycles. The Morgan fingerprint density at radius 1 is 0.739 bits per heavy atom. The highest BCUT2D eigenvalue weighted by atomic mass is 14.9. The summed E-state index contributed by atoms with van der Waals surface area (Å²) in [5.41, 5.74) is 1.49. The number of pyridine rings is 1. The average Bonchev–Trinajstić information content (AvgIpc) is 2.58. The van der Waals surface area contributed by atoms with Crippen molar-refractivity contribution in [2.75, 3.05) is 0 Å². The lowest BCUT2D eigenvalue weighted by Gasteiger charge is -2.05. The predicted molar refractivity (Wildman–Crippen MR) is 101 cm³/mol. The molecule has 0 fully saturated rings. The first-order valence-corrected chi connectivity index (χ1v) is 9.69. The van der Waals surface area contributed by atoms with Crippen molar-refractivity contribution in [2.24, 2.45) is 7.05 Å². The Hall–Kier alpha value is -1.37. The monoisotopic (exact) mass is 312 g/mol. The van der Waals surface area contributed by atoms with E-state index in [1.807, 2.05) is 0 Å². The molecule has 1 heterocycles. The number of rotatable bonds is 11. The zero-order chi connectivity index (χ0) is 16.3. The van der Waals surface area contributed by atoms with Gasteiger partial charge in [0, 0.05) is 17.9 Å². The Morgan fingerprint density at radius 2 is 1.35 bits per heavy atom. The second-order valence-electron chi connectivity index (χ2n) is 6.89. The normalized spacial score (nSPS) is 11.2. The minimum absolute atomic E-state index is 1.20. The molecular weight excluding hydrogens is 278 g/mol. The summed E-state index contributed by atoms with van der Waals surface area (Å²) in [7, 11) is 2.18. The van der Waals surface area contributed by atoms with Crippen LogP contribution in [0.2, 0.25) is 0 Å². The maximum atomic E-state index is 2.30. The van der Waals surface area contributed by atoms with Crippen LogP contribution in [0.15, 0.2) is 36.5 Å². The lowest BCUT2D eigenvalue weighted by molar-refractivity contribution is -0.677. The quantitative estimate of drug-likeness (QED) is 0.347. The van der Waals surface area contributed by atoms with Gasteiger partial charge in [-0.15, -0.1) is 0 Å². The van der Waals surface area contributed by atoms with Gasteiger partial charge in [0.15, 0.2) is 11.9 Å². The molecule has 2 rings (SSSR count). The second-order valence-corrected chi connectivity index (χ2v) is 6.89. The Bertz CT molecular complexity index is 573. The van der Waals surface area contributed by atoms with Gasteiger partial charge in [0.2, 0.25) is 0 Å². The van der Waals surface area contributed by atoms with Crippen molar-refractivity contribution in [3.8, 4) is 0 Å². The van der Waals surface area contributed by atoms with E-state index in [4.69, 9.17) is 0 Å². The lowest BCUT2D eigenvalue weighted by atomic mass is 10.0. The lowest BCUT2D eigenvalue weighted by Crippen LogP contribution is -2.33. The van der Waals surface area contributed by atoms with Crippen LogP contribution in [0.4, 0.5) is 0 Å². The van der Waals surface area contributed by atoms with Gasteiger partial charge in [-0.3, -0.25) is 0 Å². The van der Waals surface area contributed by atoms with E-state index in [1.54, 1.807) is 0 Å². The van der Waals surface area contributed by atoms with E-state index in [-0.39, 0.29) is 0 Å². The molecule has 23 heavy (non-hydrogen) atoms. The van der Waals surface area contributed by atoms with Crippen LogP contribution in [0.5, 0.6) is 0 Å². The number of benzene rings is 1. The minimum Gasteiger partial charge on any atom is -0.205 e. The SMILES string of the molecule is CCCCCCCCCCCCc1c2ccccc2cc[n+]1C. The molecule has 0 atom stereocenters. The molecule has 0 N–H and O–H groups in total. The summed E-state index contributed by atoms with van der Waals surface area (Å²) in [6, 6.07) is 11.0. The maximum Gasteiger partial charge on any atom is 0.188 e. The van der Waals surface area contributed by atoms with Crippen LogP contribution in [-0.4, -0.2) is 0 Å². The summed E-state index contributed by atoms with van der Waals surface area (Å²) < 4.78 is 2.30. The standard InChI is InChI=1S/C22H34N/c1-3-4-5-6-7-8-9-10-11-12-17-22-21-16-14-13-15-20(21)18-19-23(22)2/h13-16,18-19H,3-12,17H2,1-2H3/q+1. The van der Waals surface area contributed by atoms with Crippen LogP contribution in [0.1, 0.15) is 76.8 Å². The summed E-state index contributed by atoms with van der Waals surface area (Å²) in [4.78, 5) is 0. The van der Waals surface area contributed by atoms with Gasteiger partial charge < -0.3 is 0 Å². The van der Waals surface area contributed by atoms with Gasteiger partial charge in [0.1, 0.15) is 7.05 Å². The summed E-state index contributed by atoms with van der Waals surface area (Å²) in [6.07, 6.45) is 17.5. The topological polar surface area (TPSA) is 3.88 Å². The van der Waals surface area contributed by atoms with Crippen molar-refractivity contribution in [3.63, 3.8) is 0 Å². The van der Waals surface area contributed by atoms with E-state index < -0.39 is 0 Å². The fraction of sp³-hybridized carbons (Fsp3) is 0.591. The first kappa shape index (κ1) is 18.0. The highest BCUT2D eigenvalue weighted by Gasteiger charge is 2.10. The molecule has 0 aliphatic carbocycles. The molecule has 1 nitrogen and oxygen atoms in total. The Kier molecular flexibility index (Phi) is 8.14. The van der Waals surface area contributed by atoms with Crippen LogP contribution in [-0.2, 0) is 13.5 Å².